The molecule has 44 heavy (non-hydrogen) atoms. The van der Waals surface area contributed by atoms with Crippen molar-refractivity contribution in [3.63, 3.8) is 0 Å². The van der Waals surface area contributed by atoms with Gasteiger partial charge in [0, 0.05) is 13.2 Å². The molecule has 0 aliphatic carbocycles. The maximum Gasteiger partial charge on any atom is 0.495 e. The molecular weight excluding hydrogens is 618 g/mol. The molecule has 0 spiro atoms. The highest BCUT2D eigenvalue weighted by Gasteiger charge is 2.52. The van der Waals surface area contributed by atoms with Crippen LogP contribution in [0, 0.1) is 6.92 Å². The molecule has 0 aliphatic heterocycles. The fraction of sp³-hybridized carbons (Fsp3) is 0.769. The topological polar surface area (TPSA) is 155 Å². The zero-order valence-electron chi connectivity index (χ0n) is 24.1. The van der Waals surface area contributed by atoms with Crippen molar-refractivity contribution < 1.29 is 84.7 Å². The molecule has 4 N–H and O–H groups in total. The minimum atomic E-state index is -5.45. The highest BCUT2D eigenvalue weighted by molar-refractivity contribution is 5.26. The van der Waals surface area contributed by atoms with Gasteiger partial charge in [-0.15, -0.1) is 8.78 Å². The van der Waals surface area contributed by atoms with Gasteiger partial charge in [-0.05, 0) is 25.5 Å². The fourth-order valence-electron chi connectivity index (χ4n) is 2.97. The van der Waals surface area contributed by atoms with Crippen LogP contribution in [-0.2, 0) is 33.2 Å². The van der Waals surface area contributed by atoms with Crippen LogP contribution < -0.4 is 4.74 Å². The number of aliphatic hydroxyl groups is 4. The van der Waals surface area contributed by atoms with E-state index in [-0.39, 0.29) is 59.3 Å². The highest BCUT2D eigenvalue weighted by atomic mass is 19.3. The Morgan fingerprint density at radius 2 is 1.07 bits per heavy atom. The Kier molecular flexibility index (Phi) is 19.2. The van der Waals surface area contributed by atoms with Crippen molar-refractivity contribution in [2.45, 2.75) is 50.2 Å². The van der Waals surface area contributed by atoms with Gasteiger partial charge in [-0.1, -0.05) is 17.7 Å². The molecule has 0 aliphatic rings. The number of benzene rings is 1. The van der Waals surface area contributed by atoms with Crippen LogP contribution in [0.2, 0.25) is 0 Å². The van der Waals surface area contributed by atoms with Crippen LogP contribution >= 0.6 is 0 Å². The predicted molar refractivity (Wildman–Crippen MR) is 138 cm³/mol. The van der Waals surface area contributed by atoms with Gasteiger partial charge in [-0.2, -0.15) is 17.6 Å². The maximum absolute atomic E-state index is 13.7. The summed E-state index contributed by atoms with van der Waals surface area (Å²) >= 11 is 0. The third-order valence-electron chi connectivity index (χ3n) is 4.91. The Bertz CT molecular complexity index is 868. The molecule has 0 heterocycles. The van der Waals surface area contributed by atoms with Gasteiger partial charge in [0.2, 0.25) is 0 Å². The van der Waals surface area contributed by atoms with Gasteiger partial charge < -0.3 is 48.8 Å². The zero-order valence-corrected chi connectivity index (χ0v) is 24.1. The van der Waals surface area contributed by atoms with Crippen LogP contribution in [0.15, 0.2) is 24.3 Å². The van der Waals surface area contributed by atoms with Gasteiger partial charge in [0.1, 0.15) is 43.9 Å². The monoisotopic (exact) mass is 658 g/mol. The number of alkyl halides is 6. The maximum atomic E-state index is 13.7. The Labute approximate surface area is 250 Å². The summed E-state index contributed by atoms with van der Waals surface area (Å²) in [5.74, 6) is 0.561. The van der Waals surface area contributed by atoms with Gasteiger partial charge in [-0.3, -0.25) is 0 Å². The number of halogens is 6. The largest absolute Gasteiger partial charge is 0.495 e. The van der Waals surface area contributed by atoms with E-state index in [0.29, 0.717) is 5.75 Å². The van der Waals surface area contributed by atoms with Gasteiger partial charge in [0.25, 0.3) is 0 Å². The minimum absolute atomic E-state index is 0.0504. The summed E-state index contributed by atoms with van der Waals surface area (Å²) in [6.07, 6.45) is -18.3. The first-order valence-electron chi connectivity index (χ1n) is 13.4. The second kappa shape index (κ2) is 21.0. The lowest BCUT2D eigenvalue weighted by Gasteiger charge is -2.26. The van der Waals surface area contributed by atoms with Crippen LogP contribution in [0.3, 0.4) is 0 Å². The molecule has 258 valence electrons. The number of ether oxygens (including phenoxy) is 8. The van der Waals surface area contributed by atoms with Crippen molar-refractivity contribution in [3.05, 3.63) is 29.8 Å². The summed E-state index contributed by atoms with van der Waals surface area (Å²) in [5.41, 5.74) is 1.04. The molecule has 1 aromatic carbocycles. The summed E-state index contributed by atoms with van der Waals surface area (Å²) in [5, 5.41) is 37.7. The minimum Gasteiger partial charge on any atom is -0.491 e. The first kappa shape index (κ1) is 40.2. The lowest BCUT2D eigenvalue weighted by atomic mass is 10.2. The smallest absolute Gasteiger partial charge is 0.491 e. The number of rotatable bonds is 27. The second-order valence-electron chi connectivity index (χ2n) is 9.36. The number of hydrogen-bond acceptors (Lipinski definition) is 12. The van der Waals surface area contributed by atoms with E-state index < -0.39 is 63.3 Å². The lowest BCUT2D eigenvalue weighted by Crippen LogP contribution is -2.44. The predicted octanol–water partition coefficient (Wildman–Crippen LogP) is 1.69. The third-order valence-corrected chi connectivity index (χ3v) is 4.91. The first-order chi connectivity index (χ1) is 20.6. The number of aliphatic hydroxyl groups excluding tert-OH is 4. The average molecular weight is 659 g/mol. The molecule has 3 unspecified atom stereocenters. The number of hydrogen-bond donors (Lipinski definition) is 4. The third kappa shape index (κ3) is 21.0. The van der Waals surface area contributed by atoms with Crippen LogP contribution in [-0.4, -0.2) is 137 Å². The van der Waals surface area contributed by atoms with Crippen molar-refractivity contribution in [1.29, 1.82) is 0 Å². The van der Waals surface area contributed by atoms with Crippen molar-refractivity contribution in [2.24, 2.45) is 0 Å². The van der Waals surface area contributed by atoms with Gasteiger partial charge in [-0.25, -0.2) is 9.47 Å². The molecule has 0 fully saturated rings. The first-order valence-corrected chi connectivity index (χ1v) is 13.4. The van der Waals surface area contributed by atoms with Crippen molar-refractivity contribution in [1.82, 2.24) is 0 Å². The summed E-state index contributed by atoms with van der Waals surface area (Å²) in [4.78, 5) is 0. The van der Waals surface area contributed by atoms with E-state index in [2.05, 4.69) is 18.9 Å². The molecule has 0 amide bonds. The molecule has 0 radical (unpaired) electrons. The van der Waals surface area contributed by atoms with Crippen LogP contribution in [0.4, 0.5) is 26.3 Å². The summed E-state index contributed by atoms with van der Waals surface area (Å²) in [6, 6.07) is 7.16. The standard InChI is InChI=1S/C26H40F6O12/c1-19-3-5-23(6-4-19)42-16-22(36)14-40-13-20(34)12-38-9-10-39-17-24(27,28)43-26(31,32)44-25(29,30)18-41-15-21(35)11-37-8-2-7-33/h3-6,20-22,33-36H,2,7-18H2,1H3. The molecule has 12 nitrogen and oxygen atoms in total. The van der Waals surface area contributed by atoms with E-state index in [4.69, 9.17) is 24.1 Å². The normalized spacial score (nSPS) is 14.9. The van der Waals surface area contributed by atoms with E-state index in [9.17, 15) is 41.7 Å². The molecule has 1 aromatic rings. The van der Waals surface area contributed by atoms with E-state index >= 15 is 0 Å². The average Bonchev–Trinajstić information content (AvgIpc) is 2.91. The number of aryl methyl sites for hydroxylation is 1. The molecule has 0 saturated heterocycles. The molecule has 1 rings (SSSR count). The quantitative estimate of drug-likeness (QED) is 0.0618. The van der Waals surface area contributed by atoms with E-state index in [1.165, 1.54) is 0 Å². The Balaban J connectivity index is 2.16. The van der Waals surface area contributed by atoms with Gasteiger partial charge in [0.15, 0.2) is 0 Å². The van der Waals surface area contributed by atoms with E-state index in [1.807, 2.05) is 19.1 Å². The lowest BCUT2D eigenvalue weighted by molar-refractivity contribution is -0.518. The van der Waals surface area contributed by atoms with E-state index in [1.54, 1.807) is 12.1 Å². The van der Waals surface area contributed by atoms with Crippen LogP contribution in [0.1, 0.15) is 12.0 Å². The molecule has 18 heteroatoms. The molecule has 0 saturated carbocycles. The van der Waals surface area contributed by atoms with E-state index in [0.717, 1.165) is 5.56 Å². The summed E-state index contributed by atoms with van der Waals surface area (Å²) < 4.78 is 117. The SMILES string of the molecule is Cc1ccc(OCC(O)COCC(O)COCCOCC(F)(F)OC(F)(F)OC(F)(F)COCC(O)COCCCO)cc1. The Morgan fingerprint density at radius 3 is 1.64 bits per heavy atom. The zero-order chi connectivity index (χ0) is 33.1. The molecule has 0 bridgehead atoms. The van der Waals surface area contributed by atoms with Crippen molar-refractivity contribution in [2.75, 3.05) is 79.3 Å². The molecular formula is C26H40F6O12. The molecule has 0 aromatic heterocycles. The summed E-state index contributed by atoms with van der Waals surface area (Å²) in [7, 11) is 0. The van der Waals surface area contributed by atoms with Gasteiger partial charge >= 0.3 is 18.5 Å². The molecule has 3 atom stereocenters. The Hall–Kier alpha value is -1.84. The van der Waals surface area contributed by atoms with Crippen LogP contribution in [0.25, 0.3) is 0 Å². The van der Waals surface area contributed by atoms with Crippen molar-refractivity contribution in [3.8, 4) is 5.75 Å². The highest BCUT2D eigenvalue weighted by Crippen LogP contribution is 2.33. The van der Waals surface area contributed by atoms with Gasteiger partial charge in [0.05, 0.1) is 46.2 Å². The Morgan fingerprint density at radius 1 is 0.614 bits per heavy atom. The second-order valence-corrected chi connectivity index (χ2v) is 9.36. The summed E-state index contributed by atoms with van der Waals surface area (Å²) in [6.45, 7) is -4.58. The van der Waals surface area contributed by atoms with Crippen molar-refractivity contribution >= 4 is 0 Å². The van der Waals surface area contributed by atoms with Crippen LogP contribution in [0.5, 0.6) is 5.75 Å². The fourth-order valence-corrected chi connectivity index (χ4v) is 2.97.